The molecule has 45 heavy (non-hydrogen) atoms. The van der Waals surface area contributed by atoms with Gasteiger partial charge in [-0.25, -0.2) is 42.8 Å². The number of aromatic amines is 1. The van der Waals surface area contributed by atoms with Gasteiger partial charge in [0.05, 0.1) is 25.9 Å². The summed E-state index contributed by atoms with van der Waals surface area (Å²) in [5, 5.41) is 0. The summed E-state index contributed by atoms with van der Waals surface area (Å²) < 4.78 is 91.6. The number of ether oxygens (including phenoxy) is 2. The largest absolute Gasteiger partial charge is 0.472 e. The van der Waals surface area contributed by atoms with E-state index in [4.69, 9.17) is 33.3 Å². The molecule has 2 unspecified atom stereocenters. The molecule has 5 N–H and O–H groups in total. The Kier molecular flexibility index (Phi) is 7.36. The Morgan fingerprint density at radius 1 is 0.889 bits per heavy atom. The molecule has 0 aromatic carbocycles. The number of alkyl halides is 2. The summed E-state index contributed by atoms with van der Waals surface area (Å²) in [5.41, 5.74) is 5.14. The van der Waals surface area contributed by atoms with Crippen LogP contribution in [-0.4, -0.2) is 98.8 Å². The van der Waals surface area contributed by atoms with Crippen LogP contribution in [0.1, 0.15) is 18.3 Å². The molecule has 0 spiro atoms. The fraction of sp³-hybridized carbons (Fsp3) is 0.524. The third kappa shape index (κ3) is 5.35. The Hall–Kier alpha value is -3.30. The van der Waals surface area contributed by atoms with Crippen LogP contribution < -0.4 is 11.3 Å². The third-order valence-electron chi connectivity index (χ3n) is 7.33. The van der Waals surface area contributed by atoms with Gasteiger partial charge in [-0.1, -0.05) is 0 Å². The van der Waals surface area contributed by atoms with E-state index in [1.54, 1.807) is 0 Å². The van der Waals surface area contributed by atoms with Gasteiger partial charge in [0, 0.05) is 0 Å². The highest BCUT2D eigenvalue weighted by Crippen LogP contribution is 2.54. The highest BCUT2D eigenvalue weighted by Gasteiger charge is 2.55. The number of nitrogen functional groups attached to an aromatic ring is 1. The maximum atomic E-state index is 15.9. The van der Waals surface area contributed by atoms with Crippen LogP contribution in [0.5, 0.6) is 0 Å². The number of rotatable bonds is 2. The molecule has 3 aliphatic rings. The molecule has 3 saturated heterocycles. The van der Waals surface area contributed by atoms with Crippen LogP contribution in [0.2, 0.25) is 0 Å². The number of nitrogens with zero attached hydrogens (tertiary/aromatic N) is 7. The first-order chi connectivity index (χ1) is 21.3. The Morgan fingerprint density at radius 2 is 1.42 bits per heavy atom. The van der Waals surface area contributed by atoms with E-state index in [0.29, 0.717) is 0 Å². The molecule has 4 aromatic rings. The first kappa shape index (κ1) is 30.4. The van der Waals surface area contributed by atoms with Crippen LogP contribution in [0.3, 0.4) is 0 Å². The van der Waals surface area contributed by atoms with Crippen molar-refractivity contribution in [2.24, 2.45) is 0 Å². The zero-order chi connectivity index (χ0) is 31.8. The van der Waals surface area contributed by atoms with Crippen molar-refractivity contribution in [1.82, 2.24) is 39.0 Å². The predicted molar refractivity (Wildman–Crippen MR) is 142 cm³/mol. The average Bonchev–Trinajstić information content (AvgIpc) is 3.72. The number of aromatic nitrogens is 8. The van der Waals surface area contributed by atoms with E-state index in [1.165, 1.54) is 6.92 Å². The Labute approximate surface area is 248 Å². The number of hydrogen-bond acceptors (Lipinski definition) is 15. The molecule has 0 amide bonds. The van der Waals surface area contributed by atoms with E-state index >= 15 is 8.78 Å². The van der Waals surface area contributed by atoms with Crippen molar-refractivity contribution in [2.75, 3.05) is 18.9 Å². The van der Waals surface area contributed by atoms with Gasteiger partial charge in [0.15, 0.2) is 47.4 Å². The number of hydrogen-bond donors (Lipinski definition) is 4. The van der Waals surface area contributed by atoms with Gasteiger partial charge in [-0.05, 0) is 6.92 Å². The van der Waals surface area contributed by atoms with Crippen molar-refractivity contribution in [3.63, 3.8) is 0 Å². The molecule has 10 atom stereocenters. The van der Waals surface area contributed by atoms with Gasteiger partial charge < -0.3 is 30.0 Å². The quantitative estimate of drug-likeness (QED) is 0.208. The highest BCUT2D eigenvalue weighted by atomic mass is 31.2. The molecule has 20 nitrogen and oxygen atoms in total. The third-order valence-corrected chi connectivity index (χ3v) is 9.30. The normalized spacial score (nSPS) is 37.7. The van der Waals surface area contributed by atoms with Crippen molar-refractivity contribution in [3.05, 3.63) is 35.2 Å². The minimum Gasteiger partial charge on any atom is -0.382 e. The predicted octanol–water partition coefficient (Wildman–Crippen LogP) is 0.339. The molecule has 4 aromatic heterocycles. The number of imidazole rings is 2. The van der Waals surface area contributed by atoms with Crippen LogP contribution in [0.15, 0.2) is 23.8 Å². The zero-order valence-corrected chi connectivity index (χ0v) is 24.5. The summed E-state index contributed by atoms with van der Waals surface area (Å²) in [5.74, 6) is 0.174. The smallest absolute Gasteiger partial charge is 0.382 e. The van der Waals surface area contributed by atoms with Gasteiger partial charge in [0.1, 0.15) is 42.1 Å². The number of nitrogens with one attached hydrogen (secondary N) is 1. The SMILES string of the molecule is Cc1nc2c(ncn2[C@@H]2O[C@@H]3COP(=O)(O)O[C@H]4[C@@H](F)[C@H](n5cnc6c(N)ncnc65)O[C@@H]4COP(=O)(O)O[C@H]3[C@H]2F)c(=O)[nH]1. The second kappa shape index (κ2) is 10.9. The number of phosphoric ester groups is 2. The van der Waals surface area contributed by atoms with E-state index in [9.17, 15) is 23.7 Å². The highest BCUT2D eigenvalue weighted by molar-refractivity contribution is 7.47. The molecule has 3 fully saturated rings. The lowest BCUT2D eigenvalue weighted by molar-refractivity contribution is -0.0662. The maximum Gasteiger partial charge on any atom is 0.472 e. The first-order valence-corrected chi connectivity index (χ1v) is 16.1. The minimum atomic E-state index is -5.16. The van der Waals surface area contributed by atoms with Crippen molar-refractivity contribution < 1.29 is 55.3 Å². The molecule has 0 bridgehead atoms. The fourth-order valence-electron chi connectivity index (χ4n) is 5.34. The van der Waals surface area contributed by atoms with E-state index in [1.807, 2.05) is 0 Å². The van der Waals surface area contributed by atoms with Crippen molar-refractivity contribution in [3.8, 4) is 0 Å². The summed E-state index contributed by atoms with van der Waals surface area (Å²) in [6.07, 6.45) is -11.4. The molecule has 7 rings (SSSR count). The second-order valence-electron chi connectivity index (χ2n) is 10.2. The Morgan fingerprint density at radius 3 is 2.00 bits per heavy atom. The van der Waals surface area contributed by atoms with Crippen LogP contribution in [0, 0.1) is 6.92 Å². The number of fused-ring (bicyclic) bond motifs is 4. The molecule has 24 heteroatoms. The topological polar surface area (TPSA) is 263 Å². The van der Waals surface area contributed by atoms with Crippen molar-refractivity contribution >= 4 is 43.8 Å². The summed E-state index contributed by atoms with van der Waals surface area (Å²) in [6, 6.07) is 0. The van der Waals surface area contributed by atoms with Gasteiger partial charge in [0.2, 0.25) is 0 Å². The molecule has 0 saturated carbocycles. The van der Waals surface area contributed by atoms with E-state index in [2.05, 4.69) is 29.9 Å². The summed E-state index contributed by atoms with van der Waals surface area (Å²) in [6.45, 7) is -0.375. The van der Waals surface area contributed by atoms with E-state index in [0.717, 1.165) is 28.1 Å². The molecule has 7 heterocycles. The van der Waals surface area contributed by atoms with Crippen molar-refractivity contribution in [1.29, 1.82) is 0 Å². The van der Waals surface area contributed by atoms with Crippen LogP contribution >= 0.6 is 15.6 Å². The van der Waals surface area contributed by atoms with Gasteiger partial charge in [-0.2, -0.15) is 0 Å². The maximum absolute atomic E-state index is 15.9. The lowest BCUT2D eigenvalue weighted by atomic mass is 10.1. The Balaban J connectivity index is 1.17. The molecule has 0 radical (unpaired) electrons. The zero-order valence-electron chi connectivity index (χ0n) is 22.7. The number of phosphoric acid groups is 2. The van der Waals surface area contributed by atoms with Gasteiger partial charge in [0.25, 0.3) is 5.56 Å². The van der Waals surface area contributed by atoms with Gasteiger partial charge >= 0.3 is 15.6 Å². The molecular weight excluding hydrogens is 654 g/mol. The number of nitrogens with two attached hydrogens (primary N) is 1. The minimum absolute atomic E-state index is 0.00714. The van der Waals surface area contributed by atoms with Crippen LogP contribution in [-0.2, 0) is 36.7 Å². The lowest BCUT2D eigenvalue weighted by Gasteiger charge is -2.27. The van der Waals surface area contributed by atoms with E-state index < -0.39 is 83.6 Å². The van der Waals surface area contributed by atoms with Gasteiger partial charge in [-0.15, -0.1) is 0 Å². The number of halogens is 2. The summed E-state index contributed by atoms with van der Waals surface area (Å²) in [7, 11) is -10.3. The van der Waals surface area contributed by atoms with Crippen LogP contribution in [0.25, 0.3) is 22.3 Å². The fourth-order valence-corrected chi connectivity index (χ4v) is 7.25. The number of anilines is 1. The van der Waals surface area contributed by atoms with E-state index in [-0.39, 0.29) is 34.0 Å². The standard InChI is InChI=1S/C21H23F2N9O11P2/c1-7-29-18-13(19(33)30-7)28-6-32(18)21-11(23)15-9(41-21)3-39-44(34,35)42-14-8(2-38-45(36,37)43-15)40-20(10(14)22)31-5-27-12-16(24)25-4-26-17(12)31/h4-6,8-11,14-15,20-21H,2-3H2,1H3,(H,34,35)(H,36,37)(H2,24,25,26)(H,29,30,33)/t8-,9-,10-,11-,14-,15-,20-,21-/m1/s1. The summed E-state index contributed by atoms with van der Waals surface area (Å²) >= 11 is 0. The second-order valence-corrected chi connectivity index (χ2v) is 13.1. The molecule has 0 aliphatic carbocycles. The van der Waals surface area contributed by atoms with Crippen LogP contribution in [0.4, 0.5) is 14.6 Å². The molecular formula is C21H23F2N9O11P2. The number of aryl methyl sites for hydroxylation is 1. The molecule has 242 valence electrons. The number of H-pyrrole nitrogens is 1. The van der Waals surface area contributed by atoms with Crippen molar-refractivity contribution in [2.45, 2.75) is 56.1 Å². The first-order valence-electron chi connectivity index (χ1n) is 13.1. The average molecular weight is 677 g/mol. The Bertz CT molecular complexity index is 1940. The molecule has 3 aliphatic heterocycles. The van der Waals surface area contributed by atoms with Gasteiger partial charge in [-0.3, -0.25) is 32.0 Å². The summed E-state index contributed by atoms with van der Waals surface area (Å²) in [4.78, 5) is 55.7. The lowest BCUT2D eigenvalue weighted by Crippen LogP contribution is -2.37. The monoisotopic (exact) mass is 677 g/mol.